The number of likely N-dealkylation sites (N-methyl/N-ethyl adjacent to an activating group) is 1. The van der Waals surface area contributed by atoms with Crippen LogP contribution in [-0.4, -0.2) is 43.0 Å². The lowest BCUT2D eigenvalue weighted by molar-refractivity contribution is 0.302. The van der Waals surface area contributed by atoms with Crippen LogP contribution in [0.5, 0.6) is 0 Å². The molecule has 0 bridgehead atoms. The van der Waals surface area contributed by atoms with Crippen molar-refractivity contribution in [3.05, 3.63) is 38.5 Å². The first-order chi connectivity index (χ1) is 11.6. The van der Waals surface area contributed by atoms with Crippen molar-refractivity contribution in [2.45, 2.75) is 32.9 Å². The van der Waals surface area contributed by atoms with Crippen molar-refractivity contribution >= 4 is 28.6 Å². The van der Waals surface area contributed by atoms with Gasteiger partial charge in [-0.05, 0) is 38.9 Å². The molecule has 132 valence electrons. The van der Waals surface area contributed by atoms with E-state index in [0.717, 1.165) is 30.5 Å². The van der Waals surface area contributed by atoms with Gasteiger partial charge in [0.2, 0.25) is 0 Å². The van der Waals surface area contributed by atoms with Crippen LogP contribution in [0.3, 0.4) is 0 Å². The Morgan fingerprint density at radius 2 is 2.17 bits per heavy atom. The zero-order chi connectivity index (χ0) is 17.4. The number of guanidine groups is 1. The van der Waals surface area contributed by atoms with Crippen molar-refractivity contribution in [1.29, 1.82) is 0 Å². The summed E-state index contributed by atoms with van der Waals surface area (Å²) in [6.45, 7) is 6.51. The normalized spacial score (nSPS) is 13.3. The van der Waals surface area contributed by atoms with Crippen LogP contribution in [0.25, 0.3) is 0 Å². The molecule has 0 fully saturated rings. The Hall–Kier alpha value is -1.44. The van der Waals surface area contributed by atoms with Crippen molar-refractivity contribution in [3.8, 4) is 0 Å². The lowest BCUT2D eigenvalue weighted by Crippen LogP contribution is -2.41. The first kappa shape index (κ1) is 18.9. The minimum Gasteiger partial charge on any atom is -0.357 e. The molecule has 0 aliphatic heterocycles. The van der Waals surface area contributed by atoms with E-state index in [9.17, 15) is 0 Å². The largest absolute Gasteiger partial charge is 0.357 e. The van der Waals surface area contributed by atoms with Crippen molar-refractivity contribution < 1.29 is 0 Å². The van der Waals surface area contributed by atoms with Gasteiger partial charge in [0.15, 0.2) is 5.96 Å². The number of hydrogen-bond acceptors (Lipinski definition) is 5. The fourth-order valence-electron chi connectivity index (χ4n) is 2.28. The van der Waals surface area contributed by atoms with Crippen LogP contribution in [-0.2, 0) is 13.0 Å². The molecule has 0 aromatic carbocycles. The highest BCUT2D eigenvalue weighted by Crippen LogP contribution is 2.22. The zero-order valence-corrected chi connectivity index (χ0v) is 16.5. The molecular formula is C17H27N5S2. The second kappa shape index (κ2) is 9.76. The van der Waals surface area contributed by atoms with Gasteiger partial charge in [0.1, 0.15) is 5.01 Å². The Morgan fingerprint density at radius 3 is 2.75 bits per heavy atom. The fraction of sp³-hybridized carbons (Fsp3) is 0.529. The molecule has 1 atom stereocenters. The van der Waals surface area contributed by atoms with E-state index >= 15 is 0 Å². The highest BCUT2D eigenvalue weighted by molar-refractivity contribution is 7.11. The second-order valence-corrected chi connectivity index (χ2v) is 7.82. The van der Waals surface area contributed by atoms with Gasteiger partial charge in [-0.2, -0.15) is 0 Å². The van der Waals surface area contributed by atoms with Gasteiger partial charge in [-0.1, -0.05) is 13.0 Å². The molecule has 2 heterocycles. The van der Waals surface area contributed by atoms with Crippen molar-refractivity contribution in [2.75, 3.05) is 27.2 Å². The fourth-order valence-corrected chi connectivity index (χ4v) is 3.99. The first-order valence-electron chi connectivity index (χ1n) is 8.29. The molecule has 5 nitrogen and oxygen atoms in total. The summed E-state index contributed by atoms with van der Waals surface area (Å²) in [5.74, 6) is 0.842. The van der Waals surface area contributed by atoms with Crippen LogP contribution in [0.1, 0.15) is 34.7 Å². The van der Waals surface area contributed by atoms with E-state index < -0.39 is 0 Å². The minimum absolute atomic E-state index is 0.334. The standard InChI is InChI=1S/C17H27N5S2/c1-5-13-10-19-16(24-13)12-21-17(18-6-2)20-11-14(22(3)4)15-8-7-9-23-15/h7-10,14H,5-6,11-12H2,1-4H3,(H2,18,20,21). The Balaban J connectivity index is 1.97. The van der Waals surface area contributed by atoms with E-state index in [1.807, 2.05) is 6.20 Å². The van der Waals surface area contributed by atoms with Crippen LogP contribution in [0.4, 0.5) is 0 Å². The van der Waals surface area contributed by atoms with E-state index in [4.69, 9.17) is 0 Å². The third-order valence-corrected chi connectivity index (χ3v) is 5.72. The summed E-state index contributed by atoms with van der Waals surface area (Å²) in [5, 5.41) is 9.96. The molecule has 0 saturated carbocycles. The summed E-state index contributed by atoms with van der Waals surface area (Å²) in [6, 6.07) is 4.62. The summed E-state index contributed by atoms with van der Waals surface area (Å²) in [4.78, 5) is 14.0. The molecule has 2 aromatic heterocycles. The van der Waals surface area contributed by atoms with Gasteiger partial charge in [0.25, 0.3) is 0 Å². The number of rotatable bonds is 8. The number of thiazole rings is 1. The number of aryl methyl sites for hydroxylation is 1. The number of nitrogens with one attached hydrogen (secondary N) is 2. The molecule has 0 saturated heterocycles. The molecular weight excluding hydrogens is 338 g/mol. The molecule has 24 heavy (non-hydrogen) atoms. The van der Waals surface area contributed by atoms with E-state index in [0.29, 0.717) is 12.6 Å². The highest BCUT2D eigenvalue weighted by Gasteiger charge is 2.15. The van der Waals surface area contributed by atoms with Gasteiger partial charge in [-0.15, -0.1) is 22.7 Å². The smallest absolute Gasteiger partial charge is 0.191 e. The van der Waals surface area contributed by atoms with Crippen molar-refractivity contribution in [2.24, 2.45) is 4.99 Å². The molecule has 2 rings (SSSR count). The molecule has 1 unspecified atom stereocenters. The van der Waals surface area contributed by atoms with Crippen molar-refractivity contribution in [3.63, 3.8) is 0 Å². The van der Waals surface area contributed by atoms with Gasteiger partial charge >= 0.3 is 0 Å². The van der Waals surface area contributed by atoms with Gasteiger partial charge in [-0.3, -0.25) is 0 Å². The van der Waals surface area contributed by atoms with Gasteiger partial charge in [-0.25, -0.2) is 9.98 Å². The zero-order valence-electron chi connectivity index (χ0n) is 14.9. The highest BCUT2D eigenvalue weighted by atomic mass is 32.1. The molecule has 2 N–H and O–H groups in total. The summed E-state index contributed by atoms with van der Waals surface area (Å²) >= 11 is 3.53. The Kier molecular flexibility index (Phi) is 7.68. The lowest BCUT2D eigenvalue weighted by atomic mass is 10.2. The minimum atomic E-state index is 0.334. The Morgan fingerprint density at radius 1 is 1.33 bits per heavy atom. The van der Waals surface area contributed by atoms with Crippen LogP contribution < -0.4 is 10.6 Å². The average Bonchev–Trinajstić information content (AvgIpc) is 3.24. The van der Waals surface area contributed by atoms with Crippen molar-refractivity contribution in [1.82, 2.24) is 20.5 Å². The maximum atomic E-state index is 4.67. The third kappa shape index (κ3) is 5.58. The monoisotopic (exact) mass is 365 g/mol. The summed E-state index contributed by atoms with van der Waals surface area (Å²) in [5.41, 5.74) is 0. The van der Waals surface area contributed by atoms with E-state index in [-0.39, 0.29) is 0 Å². The molecule has 0 spiro atoms. The molecule has 0 amide bonds. The number of thiophene rings is 1. The Labute approximate surface area is 152 Å². The predicted octanol–water partition coefficient (Wildman–Crippen LogP) is 3.13. The average molecular weight is 366 g/mol. The van der Waals surface area contributed by atoms with Crippen LogP contribution >= 0.6 is 22.7 Å². The van der Waals surface area contributed by atoms with E-state index in [2.05, 4.69) is 71.0 Å². The number of aromatic nitrogens is 1. The topological polar surface area (TPSA) is 52.6 Å². The maximum absolute atomic E-state index is 4.67. The van der Waals surface area contributed by atoms with Gasteiger partial charge in [0.05, 0.1) is 12.6 Å². The first-order valence-corrected chi connectivity index (χ1v) is 9.99. The third-order valence-electron chi connectivity index (χ3n) is 3.62. The maximum Gasteiger partial charge on any atom is 0.191 e. The van der Waals surface area contributed by atoms with Gasteiger partial charge < -0.3 is 15.5 Å². The number of hydrogen-bond donors (Lipinski definition) is 2. The number of nitrogens with zero attached hydrogens (tertiary/aromatic N) is 3. The molecule has 0 aliphatic rings. The predicted molar refractivity (Wildman–Crippen MR) is 105 cm³/mol. The quantitative estimate of drug-likeness (QED) is 0.557. The summed E-state index contributed by atoms with van der Waals surface area (Å²) in [7, 11) is 4.22. The molecule has 0 aliphatic carbocycles. The second-order valence-electron chi connectivity index (χ2n) is 5.64. The SMILES string of the molecule is CCNC(=NCc1ncc(CC)s1)NCC(c1cccs1)N(C)C. The lowest BCUT2D eigenvalue weighted by Gasteiger charge is -2.24. The molecule has 0 radical (unpaired) electrons. The Bertz CT molecular complexity index is 619. The number of aliphatic imine (C=N–C) groups is 1. The molecule has 7 heteroatoms. The summed E-state index contributed by atoms with van der Waals surface area (Å²) in [6.07, 6.45) is 2.99. The van der Waals surface area contributed by atoms with Gasteiger partial charge in [0, 0.05) is 29.0 Å². The molecule has 2 aromatic rings. The van der Waals surface area contributed by atoms with Crippen LogP contribution in [0.15, 0.2) is 28.7 Å². The van der Waals surface area contributed by atoms with Crippen LogP contribution in [0, 0.1) is 0 Å². The van der Waals surface area contributed by atoms with E-state index in [1.54, 1.807) is 22.7 Å². The van der Waals surface area contributed by atoms with Crippen LogP contribution in [0.2, 0.25) is 0 Å². The summed E-state index contributed by atoms with van der Waals surface area (Å²) < 4.78 is 0. The van der Waals surface area contributed by atoms with E-state index in [1.165, 1.54) is 9.75 Å².